The first kappa shape index (κ1) is 25.2. The van der Waals surface area contributed by atoms with Crippen LogP contribution in [0.4, 0.5) is 13.2 Å². The Bertz CT molecular complexity index is 684. The van der Waals surface area contributed by atoms with Gasteiger partial charge in [-0.3, -0.25) is 9.89 Å². The Morgan fingerprint density at radius 3 is 2.63 bits per heavy atom. The average molecular weight is 540 g/mol. The third-order valence-corrected chi connectivity index (χ3v) is 5.62. The summed E-state index contributed by atoms with van der Waals surface area (Å²) in [6.07, 6.45) is -1.35. The standard InChI is InChI=1S/C21H31F3N4O.HI/c1-15-5-7-16(8-6-15)19-17(4-3-11-29-19)12-26-20(25-2)27-18-9-10-28(13-18)14-21(22,23)24;/h5-8,17-19H,3-4,9-14H2,1-2H3,(H2,25,26,27);1H. The smallest absolute Gasteiger partial charge is 0.373 e. The lowest BCUT2D eigenvalue weighted by molar-refractivity contribution is -0.143. The summed E-state index contributed by atoms with van der Waals surface area (Å²) in [6, 6.07) is 8.42. The van der Waals surface area contributed by atoms with E-state index < -0.39 is 12.7 Å². The van der Waals surface area contributed by atoms with Crippen LogP contribution in [-0.4, -0.2) is 62.9 Å². The Hall–Kier alpha value is -1.07. The molecule has 2 fully saturated rings. The molecule has 0 saturated carbocycles. The zero-order valence-corrected chi connectivity index (χ0v) is 19.9. The zero-order chi connectivity index (χ0) is 20.9. The van der Waals surface area contributed by atoms with E-state index in [0.717, 1.165) is 19.4 Å². The fourth-order valence-corrected chi connectivity index (χ4v) is 4.14. The molecule has 2 saturated heterocycles. The van der Waals surface area contributed by atoms with Crippen molar-refractivity contribution in [1.82, 2.24) is 15.5 Å². The van der Waals surface area contributed by atoms with Crippen molar-refractivity contribution in [1.29, 1.82) is 0 Å². The lowest BCUT2D eigenvalue weighted by Crippen LogP contribution is -2.47. The molecule has 2 N–H and O–H groups in total. The van der Waals surface area contributed by atoms with Gasteiger partial charge >= 0.3 is 6.18 Å². The van der Waals surface area contributed by atoms with Gasteiger partial charge < -0.3 is 15.4 Å². The van der Waals surface area contributed by atoms with Gasteiger partial charge in [-0.1, -0.05) is 29.8 Å². The van der Waals surface area contributed by atoms with Crippen LogP contribution in [0.15, 0.2) is 29.3 Å². The third kappa shape index (κ3) is 7.56. The normalized spacial score (nSPS) is 25.6. The van der Waals surface area contributed by atoms with Gasteiger partial charge in [-0.05, 0) is 31.7 Å². The summed E-state index contributed by atoms with van der Waals surface area (Å²) in [6.45, 7) is 3.50. The minimum atomic E-state index is -4.15. The first-order chi connectivity index (χ1) is 13.8. The second kappa shape index (κ2) is 11.5. The van der Waals surface area contributed by atoms with Gasteiger partial charge in [-0.25, -0.2) is 0 Å². The van der Waals surface area contributed by atoms with Crippen LogP contribution in [0, 0.1) is 12.8 Å². The molecule has 0 radical (unpaired) electrons. The van der Waals surface area contributed by atoms with Gasteiger partial charge in [0.1, 0.15) is 0 Å². The zero-order valence-electron chi connectivity index (χ0n) is 17.5. The van der Waals surface area contributed by atoms with E-state index >= 15 is 0 Å². The summed E-state index contributed by atoms with van der Waals surface area (Å²) >= 11 is 0. The first-order valence-electron chi connectivity index (χ1n) is 10.3. The molecule has 2 aliphatic rings. The van der Waals surface area contributed by atoms with Crippen LogP contribution in [0.25, 0.3) is 0 Å². The summed E-state index contributed by atoms with van der Waals surface area (Å²) in [7, 11) is 1.69. The van der Waals surface area contributed by atoms with E-state index in [0.29, 0.717) is 37.9 Å². The maximum Gasteiger partial charge on any atom is 0.401 e. The SMILES string of the molecule is CN=C(NCC1CCCOC1c1ccc(C)cc1)NC1CCN(CC(F)(F)F)C1.I. The summed E-state index contributed by atoms with van der Waals surface area (Å²) < 4.78 is 43.8. The number of nitrogens with zero attached hydrogens (tertiary/aromatic N) is 2. The van der Waals surface area contributed by atoms with Crippen LogP contribution in [0.1, 0.15) is 36.5 Å². The van der Waals surface area contributed by atoms with E-state index in [4.69, 9.17) is 4.74 Å². The van der Waals surface area contributed by atoms with Gasteiger partial charge in [0.2, 0.25) is 0 Å². The van der Waals surface area contributed by atoms with E-state index in [2.05, 4.69) is 46.8 Å². The maximum absolute atomic E-state index is 12.6. The van der Waals surface area contributed by atoms with Gasteiger partial charge in [0.15, 0.2) is 5.96 Å². The predicted octanol–water partition coefficient (Wildman–Crippen LogP) is 3.88. The molecule has 0 aromatic heterocycles. The first-order valence-corrected chi connectivity index (χ1v) is 10.3. The van der Waals surface area contributed by atoms with Crippen LogP contribution < -0.4 is 10.6 Å². The van der Waals surface area contributed by atoms with E-state index in [1.165, 1.54) is 16.0 Å². The number of alkyl halides is 3. The van der Waals surface area contributed by atoms with E-state index in [1.807, 2.05) is 0 Å². The van der Waals surface area contributed by atoms with Gasteiger partial charge in [-0.2, -0.15) is 13.2 Å². The van der Waals surface area contributed by atoms with E-state index in [-0.39, 0.29) is 36.1 Å². The number of halogens is 4. The lowest BCUT2D eigenvalue weighted by atomic mass is 9.89. The van der Waals surface area contributed by atoms with Crippen molar-refractivity contribution in [2.75, 3.05) is 39.8 Å². The number of ether oxygens (including phenoxy) is 1. The van der Waals surface area contributed by atoms with Crippen molar-refractivity contribution in [3.05, 3.63) is 35.4 Å². The van der Waals surface area contributed by atoms with Gasteiger partial charge in [-0.15, -0.1) is 24.0 Å². The van der Waals surface area contributed by atoms with Crippen LogP contribution in [0.3, 0.4) is 0 Å². The Kier molecular flexibility index (Phi) is 9.67. The molecule has 2 aliphatic heterocycles. The summed E-state index contributed by atoms with van der Waals surface area (Å²) in [4.78, 5) is 5.70. The van der Waals surface area contributed by atoms with Crippen molar-refractivity contribution < 1.29 is 17.9 Å². The molecular weight excluding hydrogens is 508 g/mol. The monoisotopic (exact) mass is 540 g/mol. The highest BCUT2D eigenvalue weighted by Crippen LogP contribution is 2.33. The Morgan fingerprint density at radius 1 is 1.23 bits per heavy atom. The van der Waals surface area contributed by atoms with Crippen molar-refractivity contribution >= 4 is 29.9 Å². The second-order valence-corrected chi connectivity index (χ2v) is 8.04. The molecule has 9 heteroatoms. The lowest BCUT2D eigenvalue weighted by Gasteiger charge is -2.33. The van der Waals surface area contributed by atoms with Gasteiger partial charge in [0, 0.05) is 45.2 Å². The Morgan fingerprint density at radius 2 is 1.97 bits per heavy atom. The number of benzene rings is 1. The summed E-state index contributed by atoms with van der Waals surface area (Å²) in [5.74, 6) is 0.951. The van der Waals surface area contributed by atoms with Gasteiger partial charge in [0.05, 0.1) is 12.6 Å². The number of aryl methyl sites for hydroxylation is 1. The summed E-state index contributed by atoms with van der Waals surface area (Å²) in [5.41, 5.74) is 2.41. The molecule has 0 amide bonds. The fraction of sp³-hybridized carbons (Fsp3) is 0.667. The highest BCUT2D eigenvalue weighted by Gasteiger charge is 2.34. The topological polar surface area (TPSA) is 48.9 Å². The minimum absolute atomic E-state index is 0. The number of guanidine groups is 1. The molecule has 1 aromatic rings. The van der Waals surface area contributed by atoms with Gasteiger partial charge in [0.25, 0.3) is 0 Å². The molecular formula is C21H32F3IN4O. The quantitative estimate of drug-likeness (QED) is 0.338. The van der Waals surface area contributed by atoms with E-state index in [1.54, 1.807) is 7.05 Å². The van der Waals surface area contributed by atoms with Crippen molar-refractivity contribution in [2.45, 2.75) is 44.5 Å². The largest absolute Gasteiger partial charge is 0.401 e. The number of likely N-dealkylation sites (tertiary alicyclic amines) is 1. The highest BCUT2D eigenvalue weighted by molar-refractivity contribution is 14.0. The number of rotatable bonds is 5. The van der Waals surface area contributed by atoms with Crippen molar-refractivity contribution in [3.8, 4) is 0 Å². The Balaban J connectivity index is 0.00000320. The number of hydrogen-bond donors (Lipinski definition) is 2. The molecule has 30 heavy (non-hydrogen) atoms. The predicted molar refractivity (Wildman–Crippen MR) is 123 cm³/mol. The molecule has 0 bridgehead atoms. The van der Waals surface area contributed by atoms with Crippen LogP contribution in [0.2, 0.25) is 0 Å². The van der Waals surface area contributed by atoms with Crippen LogP contribution in [-0.2, 0) is 4.74 Å². The number of hydrogen-bond acceptors (Lipinski definition) is 3. The Labute approximate surface area is 193 Å². The molecule has 0 aliphatic carbocycles. The number of nitrogens with one attached hydrogen (secondary N) is 2. The fourth-order valence-electron chi connectivity index (χ4n) is 4.14. The summed E-state index contributed by atoms with van der Waals surface area (Å²) in [5, 5.41) is 6.63. The number of aliphatic imine (C=N–C) groups is 1. The van der Waals surface area contributed by atoms with E-state index in [9.17, 15) is 13.2 Å². The van der Waals surface area contributed by atoms with Crippen molar-refractivity contribution in [2.24, 2.45) is 10.9 Å². The molecule has 3 unspecified atom stereocenters. The molecule has 170 valence electrons. The average Bonchev–Trinajstić information content (AvgIpc) is 3.11. The molecule has 3 rings (SSSR count). The molecule has 1 aromatic carbocycles. The third-order valence-electron chi connectivity index (χ3n) is 5.62. The molecule has 3 atom stereocenters. The molecule has 5 nitrogen and oxygen atoms in total. The maximum atomic E-state index is 12.6. The van der Waals surface area contributed by atoms with Crippen molar-refractivity contribution in [3.63, 3.8) is 0 Å². The second-order valence-electron chi connectivity index (χ2n) is 8.04. The van der Waals surface area contributed by atoms with Crippen LogP contribution >= 0.6 is 24.0 Å². The molecule has 0 spiro atoms. The highest BCUT2D eigenvalue weighted by atomic mass is 127. The molecule has 2 heterocycles. The van der Waals surface area contributed by atoms with Crippen LogP contribution in [0.5, 0.6) is 0 Å². The minimum Gasteiger partial charge on any atom is -0.373 e.